The maximum absolute atomic E-state index is 13.8. The van der Waals surface area contributed by atoms with E-state index in [0.717, 1.165) is 38.5 Å². The maximum Gasteiger partial charge on any atom is 0.249 e. The van der Waals surface area contributed by atoms with Crippen molar-refractivity contribution in [2.45, 2.75) is 6.54 Å². The number of primary amides is 1. The van der Waals surface area contributed by atoms with Crippen molar-refractivity contribution in [3.63, 3.8) is 0 Å². The molecule has 3 nitrogen and oxygen atoms in total. The second kappa shape index (κ2) is 7.16. The number of amides is 1. The molecule has 4 aromatic carbocycles. The molecule has 0 saturated carbocycles. The van der Waals surface area contributed by atoms with Gasteiger partial charge in [-0.2, -0.15) is 0 Å². The molecule has 0 atom stereocenters. The van der Waals surface area contributed by atoms with Gasteiger partial charge in [-0.15, -0.1) is 0 Å². The van der Waals surface area contributed by atoms with E-state index in [1.807, 2.05) is 54.6 Å². The highest BCUT2D eigenvalue weighted by molar-refractivity contribution is 6.18. The number of hydrogen-bond donors (Lipinski definition) is 1. The van der Waals surface area contributed by atoms with Gasteiger partial charge in [0.15, 0.2) is 0 Å². The van der Waals surface area contributed by atoms with Gasteiger partial charge in [-0.3, -0.25) is 4.79 Å². The number of rotatable bonds is 4. The molecule has 1 heterocycles. The summed E-state index contributed by atoms with van der Waals surface area (Å²) in [4.78, 5) is 12.1. The molecule has 0 saturated heterocycles. The lowest BCUT2D eigenvalue weighted by Gasteiger charge is -2.09. The van der Waals surface area contributed by atoms with Gasteiger partial charge in [-0.1, -0.05) is 48.5 Å². The lowest BCUT2D eigenvalue weighted by Crippen LogP contribution is -2.11. The number of halogens is 1. The third-order valence-electron chi connectivity index (χ3n) is 5.40. The van der Waals surface area contributed by atoms with Crippen molar-refractivity contribution in [2.24, 2.45) is 5.73 Å². The van der Waals surface area contributed by atoms with Gasteiger partial charge in [-0.25, -0.2) is 4.39 Å². The van der Waals surface area contributed by atoms with Crippen molar-refractivity contribution < 1.29 is 9.18 Å². The highest BCUT2D eigenvalue weighted by Crippen LogP contribution is 2.34. The van der Waals surface area contributed by atoms with Crippen molar-refractivity contribution in [3.05, 3.63) is 108 Å². The molecule has 5 rings (SSSR count). The zero-order valence-electron chi connectivity index (χ0n) is 16.1. The Morgan fingerprint density at radius 2 is 1.70 bits per heavy atom. The standard InChI is InChI=1S/C26H18FN2O/c27-20-9-4-6-17(14-20)16-29-23-11-5-10-22(26(28)30)25(23)21-13-12-19(15-24(21)29)18-7-2-1-3-8-18/h1-12,14-15H,16H2,(H2,28,30). The lowest BCUT2D eigenvalue weighted by molar-refractivity contribution is 0.100. The summed E-state index contributed by atoms with van der Waals surface area (Å²) >= 11 is 0. The Balaban J connectivity index is 1.81. The van der Waals surface area contributed by atoms with Crippen molar-refractivity contribution in [3.8, 4) is 11.1 Å². The highest BCUT2D eigenvalue weighted by atomic mass is 19.1. The largest absolute Gasteiger partial charge is 0.366 e. The smallest absolute Gasteiger partial charge is 0.249 e. The lowest BCUT2D eigenvalue weighted by atomic mass is 10.0. The molecular weight excluding hydrogens is 375 g/mol. The first-order valence-electron chi connectivity index (χ1n) is 9.68. The van der Waals surface area contributed by atoms with Crippen LogP contribution in [-0.4, -0.2) is 10.5 Å². The molecule has 0 fully saturated rings. The van der Waals surface area contributed by atoms with E-state index >= 15 is 0 Å². The summed E-state index contributed by atoms with van der Waals surface area (Å²) in [6.07, 6.45) is 0. The van der Waals surface area contributed by atoms with Gasteiger partial charge in [0.25, 0.3) is 0 Å². The fraction of sp³-hybridized carbons (Fsp3) is 0.0385. The van der Waals surface area contributed by atoms with E-state index in [1.165, 1.54) is 12.1 Å². The number of carbonyl (C=O) groups excluding carboxylic acids is 1. The minimum Gasteiger partial charge on any atom is -0.366 e. The quantitative estimate of drug-likeness (QED) is 0.428. The molecule has 1 radical (unpaired) electrons. The third-order valence-corrected chi connectivity index (χ3v) is 5.40. The van der Waals surface area contributed by atoms with Crippen LogP contribution >= 0.6 is 0 Å². The van der Waals surface area contributed by atoms with Crippen molar-refractivity contribution >= 4 is 27.7 Å². The van der Waals surface area contributed by atoms with Crippen LogP contribution in [0.25, 0.3) is 32.9 Å². The first kappa shape index (κ1) is 18.1. The van der Waals surface area contributed by atoms with Crippen LogP contribution in [0.15, 0.2) is 84.9 Å². The van der Waals surface area contributed by atoms with Crippen molar-refractivity contribution in [1.82, 2.24) is 4.57 Å². The molecule has 1 amide bonds. The van der Waals surface area contributed by atoms with E-state index in [9.17, 15) is 9.18 Å². The average Bonchev–Trinajstić information content (AvgIpc) is 3.07. The Labute approximate surface area is 173 Å². The van der Waals surface area contributed by atoms with Crippen LogP contribution in [0.1, 0.15) is 15.9 Å². The van der Waals surface area contributed by atoms with E-state index in [1.54, 1.807) is 12.1 Å². The first-order chi connectivity index (χ1) is 14.6. The molecule has 2 N–H and O–H groups in total. The zero-order chi connectivity index (χ0) is 20.7. The van der Waals surface area contributed by atoms with Gasteiger partial charge in [0, 0.05) is 22.9 Å². The molecule has 0 bridgehead atoms. The maximum atomic E-state index is 13.8. The van der Waals surface area contributed by atoms with Crippen molar-refractivity contribution in [1.29, 1.82) is 0 Å². The average molecular weight is 393 g/mol. The number of fused-ring (bicyclic) bond motifs is 3. The Morgan fingerprint density at radius 1 is 0.900 bits per heavy atom. The molecule has 0 aliphatic heterocycles. The molecule has 4 heteroatoms. The second-order valence-electron chi connectivity index (χ2n) is 7.29. The predicted octanol–water partition coefficient (Wildman–Crippen LogP) is 5.55. The Morgan fingerprint density at radius 3 is 2.47 bits per heavy atom. The van der Waals surface area contributed by atoms with Crippen LogP contribution in [0.2, 0.25) is 0 Å². The summed E-state index contributed by atoms with van der Waals surface area (Å²) in [7, 11) is 0. The van der Waals surface area contributed by atoms with Gasteiger partial charge in [-0.05, 0) is 59.2 Å². The van der Waals surface area contributed by atoms with E-state index in [2.05, 4.69) is 16.7 Å². The fourth-order valence-corrected chi connectivity index (χ4v) is 4.05. The van der Waals surface area contributed by atoms with Gasteiger partial charge in [0.2, 0.25) is 5.91 Å². The molecule has 30 heavy (non-hydrogen) atoms. The number of hydrogen-bond acceptors (Lipinski definition) is 1. The van der Waals surface area contributed by atoms with Crippen LogP contribution in [-0.2, 0) is 6.54 Å². The summed E-state index contributed by atoms with van der Waals surface area (Å²) in [6.45, 7) is 0.464. The SMILES string of the molecule is NC(=O)c1cccc2c1c1[c]cc(-c3ccccc3)cc1n2Cc1cccc(F)c1. The van der Waals surface area contributed by atoms with E-state index < -0.39 is 5.91 Å². The molecule has 5 aromatic rings. The number of nitrogens with zero attached hydrogens (tertiary/aromatic N) is 1. The Kier molecular flexibility index (Phi) is 4.32. The third kappa shape index (κ3) is 3.03. The number of nitrogens with two attached hydrogens (primary N) is 1. The summed E-state index contributed by atoms with van der Waals surface area (Å²) < 4.78 is 15.9. The highest BCUT2D eigenvalue weighted by Gasteiger charge is 2.17. The van der Waals surface area contributed by atoms with E-state index in [0.29, 0.717) is 12.1 Å². The normalized spacial score (nSPS) is 11.2. The summed E-state index contributed by atoms with van der Waals surface area (Å²) in [5.41, 5.74) is 10.8. The fourth-order valence-electron chi connectivity index (χ4n) is 4.05. The van der Waals surface area contributed by atoms with Gasteiger partial charge >= 0.3 is 0 Å². The van der Waals surface area contributed by atoms with Crippen LogP contribution in [0.5, 0.6) is 0 Å². The summed E-state index contributed by atoms with van der Waals surface area (Å²) in [5.74, 6) is -0.756. The van der Waals surface area contributed by atoms with Gasteiger partial charge in [0.05, 0.1) is 11.0 Å². The minimum absolute atomic E-state index is 0.275. The molecule has 0 aliphatic carbocycles. The predicted molar refractivity (Wildman–Crippen MR) is 118 cm³/mol. The number of carbonyl (C=O) groups is 1. The Hall–Kier alpha value is -3.92. The number of benzene rings is 4. The molecule has 1 aromatic heterocycles. The van der Waals surface area contributed by atoms with Crippen LogP contribution in [0, 0.1) is 11.9 Å². The molecular formula is C26H18FN2O. The van der Waals surface area contributed by atoms with Gasteiger partial charge in [0.1, 0.15) is 5.82 Å². The molecule has 0 unspecified atom stereocenters. The topological polar surface area (TPSA) is 48.0 Å². The van der Waals surface area contributed by atoms with Crippen LogP contribution < -0.4 is 5.73 Å². The van der Waals surface area contributed by atoms with Gasteiger partial charge < -0.3 is 10.3 Å². The molecule has 145 valence electrons. The van der Waals surface area contributed by atoms with Crippen LogP contribution in [0.3, 0.4) is 0 Å². The summed E-state index contributed by atoms with van der Waals surface area (Å²) in [5, 5.41) is 1.60. The van der Waals surface area contributed by atoms with E-state index in [4.69, 9.17) is 5.73 Å². The summed E-state index contributed by atoms with van der Waals surface area (Å²) in [6, 6.07) is 29.5. The monoisotopic (exact) mass is 393 g/mol. The van der Waals surface area contributed by atoms with E-state index in [-0.39, 0.29) is 5.82 Å². The molecule has 0 spiro atoms. The minimum atomic E-state index is -0.481. The second-order valence-corrected chi connectivity index (χ2v) is 7.29. The zero-order valence-corrected chi connectivity index (χ0v) is 16.1. The number of aromatic nitrogens is 1. The first-order valence-corrected chi connectivity index (χ1v) is 9.68. The van der Waals surface area contributed by atoms with Crippen molar-refractivity contribution in [2.75, 3.05) is 0 Å². The van der Waals surface area contributed by atoms with Crippen LogP contribution in [0.4, 0.5) is 4.39 Å². The molecule has 0 aliphatic rings. The Bertz CT molecular complexity index is 1400.